The minimum Gasteiger partial charge on any atom is -0.466 e. The van der Waals surface area contributed by atoms with Crippen molar-refractivity contribution in [3.63, 3.8) is 0 Å². The maximum absolute atomic E-state index is 12.5. The quantitative estimate of drug-likeness (QED) is 0.431. The first-order valence-electron chi connectivity index (χ1n) is 4.19. The van der Waals surface area contributed by atoms with Gasteiger partial charge < -0.3 is 4.74 Å². The Balaban J connectivity index is 2.73. The lowest BCUT2D eigenvalue weighted by Gasteiger charge is -1.94. The molecular weight excluding hydrogens is 199 g/mol. The molecule has 0 aliphatic rings. The van der Waals surface area contributed by atoms with E-state index in [-0.39, 0.29) is 5.78 Å². The normalized spacial score (nSPS) is 10.3. The fourth-order valence-corrected chi connectivity index (χ4v) is 0.922. The van der Waals surface area contributed by atoms with Crippen LogP contribution in [0.4, 0.5) is 4.39 Å². The van der Waals surface area contributed by atoms with E-state index in [1.165, 1.54) is 31.4 Å². The summed E-state index contributed by atoms with van der Waals surface area (Å²) in [5.41, 5.74) is 0.316. The van der Waals surface area contributed by atoms with Crippen LogP contribution in [0.3, 0.4) is 0 Å². The summed E-state index contributed by atoms with van der Waals surface area (Å²) in [6, 6.07) is 5.05. The number of hydrogen-bond acceptors (Lipinski definition) is 3. The number of halogens is 1. The minimum atomic E-state index is -0.606. The Bertz CT molecular complexity index is 393. The van der Waals surface area contributed by atoms with Gasteiger partial charge in [0.05, 0.1) is 7.11 Å². The molecule has 4 heteroatoms. The van der Waals surface area contributed by atoms with E-state index in [9.17, 15) is 14.0 Å². The van der Waals surface area contributed by atoms with Gasteiger partial charge in [-0.2, -0.15) is 0 Å². The van der Waals surface area contributed by atoms with Crippen LogP contribution >= 0.6 is 0 Å². The molecule has 0 amide bonds. The number of methoxy groups -OCH3 is 1. The van der Waals surface area contributed by atoms with Gasteiger partial charge in [0.1, 0.15) is 5.82 Å². The van der Waals surface area contributed by atoms with E-state index in [4.69, 9.17) is 0 Å². The van der Waals surface area contributed by atoms with Crippen molar-refractivity contribution in [2.75, 3.05) is 7.11 Å². The Labute approximate surface area is 86.2 Å². The third-order valence-corrected chi connectivity index (χ3v) is 1.70. The molecule has 0 unspecified atom stereocenters. The SMILES string of the molecule is COC(=O)/C=C/C(=O)c1ccc(F)cc1. The van der Waals surface area contributed by atoms with E-state index < -0.39 is 11.8 Å². The maximum Gasteiger partial charge on any atom is 0.330 e. The largest absolute Gasteiger partial charge is 0.466 e. The summed E-state index contributed by atoms with van der Waals surface area (Å²) in [5.74, 6) is -1.39. The molecule has 0 saturated carbocycles. The fraction of sp³-hybridized carbons (Fsp3) is 0.0909. The molecule has 0 aliphatic heterocycles. The fourth-order valence-electron chi connectivity index (χ4n) is 0.922. The van der Waals surface area contributed by atoms with E-state index in [0.717, 1.165) is 12.2 Å². The lowest BCUT2D eigenvalue weighted by atomic mass is 10.1. The Morgan fingerprint density at radius 1 is 1.20 bits per heavy atom. The molecule has 78 valence electrons. The summed E-state index contributed by atoms with van der Waals surface area (Å²) in [5, 5.41) is 0. The molecule has 0 aliphatic carbocycles. The first-order valence-corrected chi connectivity index (χ1v) is 4.19. The van der Waals surface area contributed by atoms with Crippen molar-refractivity contribution in [3.05, 3.63) is 47.8 Å². The van der Waals surface area contributed by atoms with Crippen molar-refractivity contribution < 1.29 is 18.7 Å². The lowest BCUT2D eigenvalue weighted by Crippen LogP contribution is -1.98. The van der Waals surface area contributed by atoms with Gasteiger partial charge in [-0.15, -0.1) is 0 Å². The van der Waals surface area contributed by atoms with Crippen molar-refractivity contribution in [2.24, 2.45) is 0 Å². The Morgan fingerprint density at radius 3 is 2.33 bits per heavy atom. The Morgan fingerprint density at radius 2 is 1.80 bits per heavy atom. The summed E-state index contributed by atoms with van der Waals surface area (Å²) >= 11 is 0. The maximum atomic E-state index is 12.5. The molecule has 15 heavy (non-hydrogen) atoms. The zero-order valence-corrected chi connectivity index (χ0v) is 8.07. The highest BCUT2D eigenvalue weighted by Crippen LogP contribution is 2.04. The molecule has 0 saturated heterocycles. The van der Waals surface area contributed by atoms with Gasteiger partial charge in [0, 0.05) is 11.6 Å². The van der Waals surface area contributed by atoms with Crippen LogP contribution in [-0.4, -0.2) is 18.9 Å². The predicted octanol–water partition coefficient (Wildman–Crippen LogP) is 1.74. The van der Waals surface area contributed by atoms with E-state index in [2.05, 4.69) is 4.74 Å². The zero-order chi connectivity index (χ0) is 11.3. The van der Waals surface area contributed by atoms with Crippen molar-refractivity contribution >= 4 is 11.8 Å². The highest BCUT2D eigenvalue weighted by Gasteiger charge is 2.02. The number of carbonyl (C=O) groups excluding carboxylic acids is 2. The molecule has 1 aromatic carbocycles. The second-order valence-corrected chi connectivity index (χ2v) is 2.73. The van der Waals surface area contributed by atoms with Crippen LogP contribution in [0.25, 0.3) is 0 Å². The minimum absolute atomic E-state index is 0.316. The van der Waals surface area contributed by atoms with Crippen LogP contribution in [0.2, 0.25) is 0 Å². The molecule has 0 atom stereocenters. The van der Waals surface area contributed by atoms with Gasteiger partial charge in [-0.1, -0.05) is 0 Å². The number of rotatable bonds is 3. The van der Waals surface area contributed by atoms with Crippen molar-refractivity contribution in [3.8, 4) is 0 Å². The summed E-state index contributed by atoms with van der Waals surface area (Å²) in [7, 11) is 1.22. The van der Waals surface area contributed by atoms with Gasteiger partial charge in [0.15, 0.2) is 5.78 Å². The average Bonchev–Trinajstić information content (AvgIpc) is 2.26. The van der Waals surface area contributed by atoms with Crippen molar-refractivity contribution in [2.45, 2.75) is 0 Å². The lowest BCUT2D eigenvalue weighted by molar-refractivity contribution is -0.134. The summed E-state index contributed by atoms with van der Waals surface area (Å²) < 4.78 is 16.8. The van der Waals surface area contributed by atoms with Gasteiger partial charge in [-0.25, -0.2) is 9.18 Å². The summed E-state index contributed by atoms with van der Waals surface area (Å²) in [6.07, 6.45) is 2.10. The Kier molecular flexibility index (Phi) is 3.74. The highest BCUT2D eigenvalue weighted by atomic mass is 19.1. The molecule has 0 fully saturated rings. The van der Waals surface area contributed by atoms with Gasteiger partial charge in [-0.05, 0) is 30.3 Å². The third-order valence-electron chi connectivity index (χ3n) is 1.70. The molecule has 1 aromatic rings. The number of ether oxygens (including phenoxy) is 1. The molecule has 0 heterocycles. The molecule has 0 bridgehead atoms. The van der Waals surface area contributed by atoms with Crippen molar-refractivity contribution in [1.29, 1.82) is 0 Å². The molecule has 0 aromatic heterocycles. The van der Waals surface area contributed by atoms with Crippen LogP contribution in [-0.2, 0) is 9.53 Å². The smallest absolute Gasteiger partial charge is 0.330 e. The summed E-state index contributed by atoms with van der Waals surface area (Å²) in [6.45, 7) is 0. The second kappa shape index (κ2) is 5.05. The monoisotopic (exact) mass is 208 g/mol. The van der Waals surface area contributed by atoms with Crippen LogP contribution in [0.5, 0.6) is 0 Å². The molecule has 0 N–H and O–H groups in total. The van der Waals surface area contributed by atoms with E-state index >= 15 is 0 Å². The molecule has 1 rings (SSSR count). The summed E-state index contributed by atoms with van der Waals surface area (Å²) in [4.78, 5) is 22.0. The molecule has 0 spiro atoms. The number of carbonyl (C=O) groups is 2. The number of allylic oxidation sites excluding steroid dienone is 1. The third kappa shape index (κ3) is 3.34. The number of hydrogen-bond donors (Lipinski definition) is 0. The number of esters is 1. The predicted molar refractivity (Wildman–Crippen MR) is 51.9 cm³/mol. The van der Waals surface area contributed by atoms with E-state index in [0.29, 0.717) is 5.56 Å². The van der Waals surface area contributed by atoms with Gasteiger partial charge >= 0.3 is 5.97 Å². The topological polar surface area (TPSA) is 43.4 Å². The Hall–Kier alpha value is -1.97. The average molecular weight is 208 g/mol. The van der Waals surface area contributed by atoms with Crippen LogP contribution in [0.1, 0.15) is 10.4 Å². The number of benzene rings is 1. The zero-order valence-electron chi connectivity index (χ0n) is 8.07. The second-order valence-electron chi connectivity index (χ2n) is 2.73. The van der Waals surface area contributed by atoms with Gasteiger partial charge in [-0.3, -0.25) is 4.79 Å². The molecular formula is C11H9FO3. The van der Waals surface area contributed by atoms with E-state index in [1.54, 1.807) is 0 Å². The molecule has 0 radical (unpaired) electrons. The van der Waals surface area contributed by atoms with Gasteiger partial charge in [0.25, 0.3) is 0 Å². The standard InChI is InChI=1S/C11H9FO3/c1-15-11(14)7-6-10(13)8-2-4-9(12)5-3-8/h2-7H,1H3/b7-6+. The van der Waals surface area contributed by atoms with E-state index in [1.807, 2.05) is 0 Å². The first-order chi connectivity index (χ1) is 7.13. The van der Waals surface area contributed by atoms with Crippen LogP contribution < -0.4 is 0 Å². The highest BCUT2D eigenvalue weighted by molar-refractivity contribution is 6.06. The van der Waals surface area contributed by atoms with Crippen molar-refractivity contribution in [1.82, 2.24) is 0 Å². The van der Waals surface area contributed by atoms with Crippen LogP contribution in [0, 0.1) is 5.82 Å². The van der Waals surface area contributed by atoms with Gasteiger partial charge in [0.2, 0.25) is 0 Å². The first kappa shape index (κ1) is 11.1. The molecule has 3 nitrogen and oxygen atoms in total. The van der Waals surface area contributed by atoms with Crippen LogP contribution in [0.15, 0.2) is 36.4 Å². The number of ketones is 1.